The minimum Gasteiger partial charge on any atom is -0.353 e. The van der Waals surface area contributed by atoms with Gasteiger partial charge in [0.1, 0.15) is 11.6 Å². The van der Waals surface area contributed by atoms with Crippen LogP contribution in [0.4, 0.5) is 4.39 Å². The normalized spacial score (nSPS) is 21.7. The Bertz CT molecular complexity index is 904. The summed E-state index contributed by atoms with van der Waals surface area (Å²) >= 11 is 0. The number of carbonyl (C=O) groups excluding carboxylic acids is 2. The van der Waals surface area contributed by atoms with E-state index in [9.17, 15) is 14.0 Å². The second kappa shape index (κ2) is 8.10. The van der Waals surface area contributed by atoms with E-state index in [1.165, 1.54) is 12.1 Å². The molecule has 0 aliphatic carbocycles. The highest BCUT2D eigenvalue weighted by atomic mass is 19.1. The summed E-state index contributed by atoms with van der Waals surface area (Å²) in [6.07, 6.45) is 1.83. The SMILES string of the molecule is CC(C)N1CCNC(=O)C1CC(=O)N1CCC(c2nc3ccc(F)cc3[nH]2)CC1. The van der Waals surface area contributed by atoms with Gasteiger partial charge in [0.25, 0.3) is 0 Å². The van der Waals surface area contributed by atoms with Gasteiger partial charge in [0.05, 0.1) is 23.5 Å². The maximum Gasteiger partial charge on any atom is 0.237 e. The van der Waals surface area contributed by atoms with E-state index in [0.717, 1.165) is 30.7 Å². The number of benzene rings is 1. The molecule has 2 N–H and O–H groups in total. The van der Waals surface area contributed by atoms with Crippen molar-refractivity contribution in [3.8, 4) is 0 Å². The number of nitrogens with one attached hydrogen (secondary N) is 2. The molecule has 0 saturated carbocycles. The molecule has 3 heterocycles. The van der Waals surface area contributed by atoms with Crippen LogP contribution >= 0.6 is 0 Å². The number of aromatic amines is 1. The quantitative estimate of drug-likeness (QED) is 0.821. The second-order valence-electron chi connectivity index (χ2n) is 8.28. The van der Waals surface area contributed by atoms with Gasteiger partial charge in [0.2, 0.25) is 11.8 Å². The Hall–Kier alpha value is -2.48. The number of fused-ring (bicyclic) bond motifs is 1. The predicted octanol–water partition coefficient (Wildman–Crippen LogP) is 2.01. The number of halogens is 1. The Morgan fingerprint density at radius 2 is 2.03 bits per heavy atom. The molecule has 1 aromatic carbocycles. The standard InChI is InChI=1S/C21H28FN5O2/c1-13(2)27-10-7-23-21(29)18(27)12-19(28)26-8-5-14(6-9-26)20-24-16-4-3-15(22)11-17(16)25-20/h3-4,11,13-14,18H,5-10,12H2,1-2H3,(H,23,29)(H,24,25). The van der Waals surface area contributed by atoms with E-state index in [1.807, 2.05) is 4.90 Å². The van der Waals surface area contributed by atoms with Crippen molar-refractivity contribution in [3.05, 3.63) is 29.8 Å². The van der Waals surface area contributed by atoms with Crippen LogP contribution in [-0.4, -0.2) is 69.8 Å². The molecule has 29 heavy (non-hydrogen) atoms. The van der Waals surface area contributed by atoms with Gasteiger partial charge in [-0.05, 0) is 44.9 Å². The van der Waals surface area contributed by atoms with Crippen molar-refractivity contribution in [2.45, 2.75) is 51.1 Å². The zero-order chi connectivity index (χ0) is 20.5. The molecule has 1 atom stereocenters. The molecule has 2 aromatic rings. The lowest BCUT2D eigenvalue weighted by molar-refractivity contribution is -0.140. The fraction of sp³-hybridized carbons (Fsp3) is 0.571. The largest absolute Gasteiger partial charge is 0.353 e. The molecule has 4 rings (SSSR count). The molecule has 8 heteroatoms. The number of hydrogen-bond acceptors (Lipinski definition) is 4. The van der Waals surface area contributed by atoms with Gasteiger partial charge in [0, 0.05) is 38.1 Å². The third-order valence-electron chi connectivity index (χ3n) is 6.10. The van der Waals surface area contributed by atoms with Crippen LogP contribution in [0.1, 0.15) is 44.9 Å². The average Bonchev–Trinajstić information content (AvgIpc) is 3.12. The lowest BCUT2D eigenvalue weighted by Crippen LogP contribution is -2.58. The van der Waals surface area contributed by atoms with Crippen molar-refractivity contribution in [2.75, 3.05) is 26.2 Å². The van der Waals surface area contributed by atoms with Crippen LogP contribution in [0.3, 0.4) is 0 Å². The summed E-state index contributed by atoms with van der Waals surface area (Å²) in [6.45, 7) is 6.81. The highest BCUT2D eigenvalue weighted by Gasteiger charge is 2.35. The number of amides is 2. The topological polar surface area (TPSA) is 81.3 Å². The first kappa shape index (κ1) is 19.8. The van der Waals surface area contributed by atoms with Crippen molar-refractivity contribution in [3.63, 3.8) is 0 Å². The molecule has 1 unspecified atom stereocenters. The number of aromatic nitrogens is 2. The minimum absolute atomic E-state index is 0.0304. The fourth-order valence-electron chi connectivity index (χ4n) is 4.45. The van der Waals surface area contributed by atoms with Crippen molar-refractivity contribution in [2.24, 2.45) is 0 Å². The van der Waals surface area contributed by atoms with E-state index < -0.39 is 0 Å². The first-order chi connectivity index (χ1) is 13.9. The van der Waals surface area contributed by atoms with E-state index in [4.69, 9.17) is 0 Å². The zero-order valence-corrected chi connectivity index (χ0v) is 16.9. The Morgan fingerprint density at radius 3 is 2.76 bits per heavy atom. The summed E-state index contributed by atoms with van der Waals surface area (Å²) < 4.78 is 13.4. The van der Waals surface area contributed by atoms with Crippen LogP contribution in [0.5, 0.6) is 0 Å². The van der Waals surface area contributed by atoms with E-state index >= 15 is 0 Å². The number of hydrogen-bond donors (Lipinski definition) is 2. The Labute approximate surface area is 169 Å². The van der Waals surface area contributed by atoms with Gasteiger partial charge in [-0.2, -0.15) is 0 Å². The number of piperidine rings is 1. The molecular weight excluding hydrogens is 373 g/mol. The third kappa shape index (κ3) is 4.12. The maximum absolute atomic E-state index is 13.4. The van der Waals surface area contributed by atoms with Gasteiger partial charge in [0.15, 0.2) is 0 Å². The van der Waals surface area contributed by atoms with Crippen molar-refractivity contribution in [1.29, 1.82) is 0 Å². The van der Waals surface area contributed by atoms with Crippen LogP contribution in [0.15, 0.2) is 18.2 Å². The molecule has 0 spiro atoms. The third-order valence-corrected chi connectivity index (χ3v) is 6.10. The molecule has 1 aromatic heterocycles. The number of likely N-dealkylation sites (tertiary alicyclic amines) is 1. The first-order valence-electron chi connectivity index (χ1n) is 10.4. The van der Waals surface area contributed by atoms with Crippen LogP contribution in [0.25, 0.3) is 11.0 Å². The highest BCUT2D eigenvalue weighted by Crippen LogP contribution is 2.28. The average molecular weight is 401 g/mol. The number of imidazole rings is 1. The lowest BCUT2D eigenvalue weighted by Gasteiger charge is -2.39. The van der Waals surface area contributed by atoms with E-state index in [1.54, 1.807) is 6.07 Å². The zero-order valence-electron chi connectivity index (χ0n) is 16.9. The summed E-state index contributed by atoms with van der Waals surface area (Å²) in [7, 11) is 0. The molecule has 2 aliphatic heterocycles. The minimum atomic E-state index is -0.390. The molecule has 7 nitrogen and oxygen atoms in total. The van der Waals surface area contributed by atoms with Crippen LogP contribution < -0.4 is 5.32 Å². The smallest absolute Gasteiger partial charge is 0.237 e. The predicted molar refractivity (Wildman–Crippen MR) is 108 cm³/mol. The maximum atomic E-state index is 13.4. The summed E-state index contributed by atoms with van der Waals surface area (Å²) in [5, 5.41) is 2.88. The number of rotatable bonds is 4. The molecule has 156 valence electrons. The molecule has 2 amide bonds. The molecule has 0 radical (unpaired) electrons. The first-order valence-corrected chi connectivity index (χ1v) is 10.4. The number of nitrogens with zero attached hydrogens (tertiary/aromatic N) is 3. The van der Waals surface area contributed by atoms with Gasteiger partial charge in [-0.15, -0.1) is 0 Å². The van der Waals surface area contributed by atoms with Crippen molar-refractivity contribution >= 4 is 22.8 Å². The van der Waals surface area contributed by atoms with Crippen LogP contribution in [0, 0.1) is 5.82 Å². The molecular formula is C21H28FN5O2. The molecule has 0 bridgehead atoms. The van der Waals surface area contributed by atoms with E-state index in [0.29, 0.717) is 25.2 Å². The van der Waals surface area contributed by atoms with Gasteiger partial charge in [-0.3, -0.25) is 14.5 Å². The number of carbonyl (C=O) groups is 2. The molecule has 2 saturated heterocycles. The van der Waals surface area contributed by atoms with Crippen molar-refractivity contribution in [1.82, 2.24) is 25.1 Å². The van der Waals surface area contributed by atoms with Gasteiger partial charge in [-0.1, -0.05) is 0 Å². The van der Waals surface area contributed by atoms with Gasteiger partial charge >= 0.3 is 0 Å². The summed E-state index contributed by atoms with van der Waals surface area (Å²) in [5.41, 5.74) is 1.47. The lowest BCUT2D eigenvalue weighted by atomic mass is 9.95. The summed E-state index contributed by atoms with van der Waals surface area (Å²) in [5.74, 6) is 0.774. The fourth-order valence-corrected chi connectivity index (χ4v) is 4.45. The Morgan fingerprint density at radius 1 is 1.28 bits per heavy atom. The molecule has 2 aliphatic rings. The summed E-state index contributed by atoms with van der Waals surface area (Å²) in [6, 6.07) is 4.39. The van der Waals surface area contributed by atoms with Crippen LogP contribution in [-0.2, 0) is 9.59 Å². The summed E-state index contributed by atoms with van der Waals surface area (Å²) in [4.78, 5) is 37.0. The van der Waals surface area contributed by atoms with Gasteiger partial charge < -0.3 is 15.2 Å². The van der Waals surface area contributed by atoms with Gasteiger partial charge in [-0.25, -0.2) is 9.37 Å². The molecule has 2 fully saturated rings. The highest BCUT2D eigenvalue weighted by molar-refractivity contribution is 5.89. The monoisotopic (exact) mass is 401 g/mol. The van der Waals surface area contributed by atoms with E-state index in [2.05, 4.69) is 34.0 Å². The van der Waals surface area contributed by atoms with Crippen LogP contribution in [0.2, 0.25) is 0 Å². The number of piperazine rings is 1. The van der Waals surface area contributed by atoms with E-state index in [-0.39, 0.29) is 42.1 Å². The second-order valence-corrected chi connectivity index (χ2v) is 8.28. The Kier molecular flexibility index (Phi) is 5.54. The number of H-pyrrole nitrogens is 1. The van der Waals surface area contributed by atoms with Crippen molar-refractivity contribution < 1.29 is 14.0 Å². The Balaban J connectivity index is 1.37.